The van der Waals surface area contributed by atoms with Gasteiger partial charge >= 0.3 is 0 Å². The summed E-state index contributed by atoms with van der Waals surface area (Å²) in [5, 5.41) is 15.0. The molecule has 37 heavy (non-hydrogen) atoms. The Bertz CT molecular complexity index is 1310. The van der Waals surface area contributed by atoms with E-state index in [-0.39, 0.29) is 23.8 Å². The molecule has 1 aliphatic rings. The number of imidazole rings is 1. The van der Waals surface area contributed by atoms with Crippen LogP contribution >= 0.6 is 0 Å². The number of aromatic nitrogens is 2. The van der Waals surface area contributed by atoms with Crippen molar-refractivity contribution in [3.8, 4) is 0 Å². The van der Waals surface area contributed by atoms with Crippen molar-refractivity contribution in [2.24, 2.45) is 5.92 Å². The number of nitrogens with one attached hydrogen (secondary N) is 4. The fraction of sp³-hybridized carbons (Fsp3) is 0.345. The van der Waals surface area contributed by atoms with Gasteiger partial charge < -0.3 is 15.6 Å². The fourth-order valence-electron chi connectivity index (χ4n) is 4.62. The Morgan fingerprint density at radius 1 is 1.08 bits per heavy atom. The van der Waals surface area contributed by atoms with Gasteiger partial charge in [-0.2, -0.15) is 0 Å². The predicted octanol–water partition coefficient (Wildman–Crippen LogP) is 5.67. The average Bonchev–Trinajstić information content (AvgIpc) is 3.35. The molecule has 1 aromatic heterocycles. The molecule has 1 heterocycles. The summed E-state index contributed by atoms with van der Waals surface area (Å²) in [5.41, 5.74) is 5.95. The topological polar surface area (TPSA) is 119 Å². The lowest BCUT2D eigenvalue weighted by molar-refractivity contribution is 0.0909. The highest BCUT2D eigenvalue weighted by Gasteiger charge is 2.23. The summed E-state index contributed by atoms with van der Waals surface area (Å²) < 4.78 is 0. The van der Waals surface area contributed by atoms with Gasteiger partial charge in [-0.3, -0.25) is 20.3 Å². The number of hydrogen-bond acceptors (Lipinski definition) is 5. The SMILES string of the molecule is C/C=C(\C=C/C(C)c1nc2ccc(C(=O)NC3CCCCC3C)cc2[nH]1)NC(=O)c1ccc(NO)cc1. The highest BCUT2D eigenvalue weighted by molar-refractivity contribution is 5.97. The van der Waals surface area contributed by atoms with E-state index in [9.17, 15) is 9.59 Å². The molecule has 2 aromatic carbocycles. The molecule has 8 nitrogen and oxygen atoms in total. The molecule has 3 aromatic rings. The molecule has 5 N–H and O–H groups in total. The Morgan fingerprint density at radius 3 is 2.51 bits per heavy atom. The fourth-order valence-corrected chi connectivity index (χ4v) is 4.62. The molecule has 0 bridgehead atoms. The van der Waals surface area contributed by atoms with Crippen molar-refractivity contribution >= 4 is 28.5 Å². The van der Waals surface area contributed by atoms with Crippen LogP contribution in [0.5, 0.6) is 0 Å². The van der Waals surface area contributed by atoms with Gasteiger partial charge in [0.05, 0.1) is 16.7 Å². The summed E-state index contributed by atoms with van der Waals surface area (Å²) >= 11 is 0. The van der Waals surface area contributed by atoms with Crippen molar-refractivity contribution in [3.05, 3.63) is 83.3 Å². The molecule has 3 unspecified atom stereocenters. The molecule has 1 aliphatic carbocycles. The van der Waals surface area contributed by atoms with Crippen LogP contribution < -0.4 is 16.1 Å². The van der Waals surface area contributed by atoms with Crippen molar-refractivity contribution in [2.75, 3.05) is 5.48 Å². The Balaban J connectivity index is 1.40. The van der Waals surface area contributed by atoms with Gasteiger partial charge in [0.2, 0.25) is 0 Å². The zero-order valence-electron chi connectivity index (χ0n) is 21.5. The van der Waals surface area contributed by atoms with E-state index in [0.717, 1.165) is 36.1 Å². The lowest BCUT2D eigenvalue weighted by Gasteiger charge is -2.29. The molecule has 3 atom stereocenters. The van der Waals surface area contributed by atoms with Crippen LogP contribution in [0, 0.1) is 5.92 Å². The highest BCUT2D eigenvalue weighted by atomic mass is 16.5. The second-order valence-corrected chi connectivity index (χ2v) is 9.73. The first-order valence-electron chi connectivity index (χ1n) is 12.8. The predicted molar refractivity (Wildman–Crippen MR) is 146 cm³/mol. The Labute approximate surface area is 217 Å². The lowest BCUT2D eigenvalue weighted by atomic mass is 9.86. The molecule has 2 amide bonds. The van der Waals surface area contributed by atoms with E-state index in [1.807, 2.05) is 55.8 Å². The Hall–Kier alpha value is -3.91. The number of amides is 2. The van der Waals surface area contributed by atoms with Crippen LogP contribution in [-0.2, 0) is 0 Å². The van der Waals surface area contributed by atoms with Crippen LogP contribution in [-0.4, -0.2) is 33.0 Å². The zero-order chi connectivity index (χ0) is 26.4. The molecular formula is C29H35N5O3. The van der Waals surface area contributed by atoms with Gasteiger partial charge in [0.15, 0.2) is 0 Å². The molecule has 1 fully saturated rings. The summed E-state index contributed by atoms with van der Waals surface area (Å²) in [7, 11) is 0. The lowest BCUT2D eigenvalue weighted by Crippen LogP contribution is -2.41. The van der Waals surface area contributed by atoms with Gasteiger partial charge in [-0.25, -0.2) is 4.98 Å². The van der Waals surface area contributed by atoms with Gasteiger partial charge in [-0.15, -0.1) is 0 Å². The smallest absolute Gasteiger partial charge is 0.255 e. The van der Waals surface area contributed by atoms with E-state index in [1.165, 1.54) is 6.42 Å². The van der Waals surface area contributed by atoms with E-state index in [0.29, 0.717) is 28.4 Å². The largest absolute Gasteiger partial charge is 0.349 e. The van der Waals surface area contributed by atoms with Gasteiger partial charge in [0.1, 0.15) is 5.82 Å². The molecule has 4 rings (SSSR count). The van der Waals surface area contributed by atoms with E-state index in [1.54, 1.807) is 24.3 Å². The first-order valence-corrected chi connectivity index (χ1v) is 12.8. The van der Waals surface area contributed by atoms with Crippen LogP contribution in [0.1, 0.15) is 78.9 Å². The number of hydrogen-bond donors (Lipinski definition) is 5. The Kier molecular flexibility index (Phi) is 8.40. The van der Waals surface area contributed by atoms with Gasteiger partial charge in [-0.05, 0) is 74.2 Å². The number of H-pyrrole nitrogens is 1. The zero-order valence-corrected chi connectivity index (χ0v) is 21.5. The van der Waals surface area contributed by atoms with Crippen molar-refractivity contribution < 1.29 is 14.8 Å². The number of rotatable bonds is 8. The average molecular weight is 502 g/mol. The van der Waals surface area contributed by atoms with E-state index in [2.05, 4.69) is 22.5 Å². The monoisotopic (exact) mass is 501 g/mol. The summed E-state index contributed by atoms with van der Waals surface area (Å²) in [5.74, 6) is 0.949. The molecule has 8 heteroatoms. The van der Waals surface area contributed by atoms with Crippen molar-refractivity contribution in [1.82, 2.24) is 20.6 Å². The number of fused-ring (bicyclic) bond motifs is 1. The van der Waals surface area contributed by atoms with Crippen LogP contribution in [0.25, 0.3) is 11.0 Å². The van der Waals surface area contributed by atoms with E-state index >= 15 is 0 Å². The molecular weight excluding hydrogens is 466 g/mol. The maximum Gasteiger partial charge on any atom is 0.255 e. The number of allylic oxidation sites excluding steroid dienone is 3. The maximum absolute atomic E-state index is 12.9. The first-order chi connectivity index (χ1) is 17.9. The van der Waals surface area contributed by atoms with Crippen molar-refractivity contribution in [1.29, 1.82) is 0 Å². The third-order valence-electron chi connectivity index (χ3n) is 7.03. The minimum absolute atomic E-state index is 0.0412. The number of benzene rings is 2. The molecule has 0 spiro atoms. The summed E-state index contributed by atoms with van der Waals surface area (Å²) in [6, 6.07) is 12.3. The van der Waals surface area contributed by atoms with E-state index < -0.39 is 0 Å². The summed E-state index contributed by atoms with van der Waals surface area (Å²) in [4.78, 5) is 33.5. The molecule has 0 aliphatic heterocycles. The standard InChI is InChI=1S/C29H35N5O3/c1-4-22(30-28(35)20-10-14-23(34-37)15-11-20)13-9-19(3)27-31-25-16-12-21(17-26(25)32-27)29(36)33-24-8-6-5-7-18(24)2/h4,9-19,24,34,37H,5-8H2,1-3H3,(H,30,35)(H,31,32)(H,33,36)/b13-9-,22-4+. The van der Waals surface area contributed by atoms with Gasteiger partial charge in [0, 0.05) is 28.8 Å². The Morgan fingerprint density at radius 2 is 1.81 bits per heavy atom. The normalized spacial score (nSPS) is 19.1. The summed E-state index contributed by atoms with van der Waals surface area (Å²) in [6.07, 6.45) is 10.2. The third kappa shape index (κ3) is 6.46. The van der Waals surface area contributed by atoms with Gasteiger partial charge in [0.25, 0.3) is 11.8 Å². The van der Waals surface area contributed by atoms with Crippen molar-refractivity contribution in [3.63, 3.8) is 0 Å². The maximum atomic E-state index is 12.9. The third-order valence-corrected chi connectivity index (χ3v) is 7.03. The van der Waals surface area contributed by atoms with E-state index in [4.69, 9.17) is 10.2 Å². The minimum atomic E-state index is -0.243. The van der Waals surface area contributed by atoms with Crippen LogP contribution in [0.4, 0.5) is 5.69 Å². The number of anilines is 1. The molecule has 0 radical (unpaired) electrons. The molecule has 0 saturated heterocycles. The minimum Gasteiger partial charge on any atom is -0.349 e. The van der Waals surface area contributed by atoms with Gasteiger partial charge in [-0.1, -0.05) is 38.8 Å². The first kappa shape index (κ1) is 26.2. The summed E-state index contributed by atoms with van der Waals surface area (Å²) in [6.45, 7) is 6.08. The number of nitrogens with zero attached hydrogens (tertiary/aromatic N) is 1. The number of carbonyl (C=O) groups is 2. The molecule has 194 valence electrons. The van der Waals surface area contributed by atoms with Crippen LogP contribution in [0.15, 0.2) is 66.4 Å². The molecule has 1 saturated carbocycles. The highest BCUT2D eigenvalue weighted by Crippen LogP contribution is 2.25. The van der Waals surface area contributed by atoms with Crippen LogP contribution in [0.2, 0.25) is 0 Å². The number of carbonyl (C=O) groups excluding carboxylic acids is 2. The number of aromatic amines is 1. The van der Waals surface area contributed by atoms with Crippen molar-refractivity contribution in [2.45, 2.75) is 58.4 Å². The second kappa shape index (κ2) is 11.9. The quantitative estimate of drug-likeness (QED) is 0.201. The van der Waals surface area contributed by atoms with Crippen LogP contribution in [0.3, 0.4) is 0 Å². The second-order valence-electron chi connectivity index (χ2n) is 9.73.